The van der Waals surface area contributed by atoms with Crippen LogP contribution in [0.2, 0.25) is 5.02 Å². The number of rotatable bonds is 2. The molecule has 0 radical (unpaired) electrons. The minimum atomic E-state index is 0.728. The molecule has 18 heavy (non-hydrogen) atoms. The third kappa shape index (κ3) is 2.28. The Morgan fingerprint density at radius 2 is 1.83 bits per heavy atom. The zero-order valence-corrected chi connectivity index (χ0v) is 10.9. The number of nitrogens with zero attached hydrogens (tertiary/aromatic N) is 2. The van der Waals surface area contributed by atoms with Crippen molar-refractivity contribution in [3.63, 3.8) is 0 Å². The van der Waals surface area contributed by atoms with Crippen LogP contribution in [-0.2, 0) is 0 Å². The van der Waals surface area contributed by atoms with Crippen LogP contribution in [0, 0.1) is 0 Å². The molecule has 0 aliphatic carbocycles. The molecule has 3 rings (SSSR count). The van der Waals surface area contributed by atoms with E-state index in [0.717, 1.165) is 26.5 Å². The molecule has 0 fully saturated rings. The molecule has 0 saturated carbocycles. The smallest absolute Gasteiger partial charge is 0.173 e. The summed E-state index contributed by atoms with van der Waals surface area (Å²) in [6, 6.07) is 15.7. The average molecular weight is 273 g/mol. The molecule has 2 nitrogen and oxygen atoms in total. The SMILES string of the molecule is Clc1ccc(C=Nc2nsc3ccccc23)cc1. The van der Waals surface area contributed by atoms with Crippen LogP contribution in [0.3, 0.4) is 0 Å². The molecule has 3 aromatic rings. The van der Waals surface area contributed by atoms with Crippen molar-refractivity contribution in [2.75, 3.05) is 0 Å². The Balaban J connectivity index is 1.94. The summed E-state index contributed by atoms with van der Waals surface area (Å²) in [7, 11) is 0. The van der Waals surface area contributed by atoms with Crippen LogP contribution < -0.4 is 0 Å². The number of fused-ring (bicyclic) bond motifs is 1. The van der Waals surface area contributed by atoms with E-state index in [1.54, 1.807) is 6.21 Å². The summed E-state index contributed by atoms with van der Waals surface area (Å²) in [6.45, 7) is 0. The van der Waals surface area contributed by atoms with Crippen LogP contribution in [-0.4, -0.2) is 10.6 Å². The Morgan fingerprint density at radius 1 is 1.06 bits per heavy atom. The van der Waals surface area contributed by atoms with Crippen LogP contribution in [0.5, 0.6) is 0 Å². The minimum Gasteiger partial charge on any atom is -0.235 e. The van der Waals surface area contributed by atoms with Crippen LogP contribution in [0.4, 0.5) is 5.82 Å². The summed E-state index contributed by atoms with van der Waals surface area (Å²) in [6.07, 6.45) is 1.80. The fraction of sp³-hybridized carbons (Fsp3) is 0. The first-order chi connectivity index (χ1) is 8.83. The van der Waals surface area contributed by atoms with Gasteiger partial charge in [0.2, 0.25) is 0 Å². The zero-order valence-electron chi connectivity index (χ0n) is 9.38. The Bertz CT molecular complexity index is 701. The summed E-state index contributed by atoms with van der Waals surface area (Å²) in [5.74, 6) is 0.769. The maximum absolute atomic E-state index is 5.83. The number of halogens is 1. The third-order valence-corrected chi connectivity index (χ3v) is 3.63. The van der Waals surface area contributed by atoms with Gasteiger partial charge in [0.05, 0.1) is 4.70 Å². The molecule has 0 spiro atoms. The summed E-state index contributed by atoms with van der Waals surface area (Å²) in [4.78, 5) is 4.43. The topological polar surface area (TPSA) is 25.2 Å². The van der Waals surface area contributed by atoms with Gasteiger partial charge in [-0.3, -0.25) is 0 Å². The maximum atomic E-state index is 5.83. The lowest BCUT2D eigenvalue weighted by molar-refractivity contribution is 1.45. The number of aromatic nitrogens is 1. The Labute approximate surface area is 114 Å². The van der Waals surface area contributed by atoms with Crippen LogP contribution in [0.25, 0.3) is 10.1 Å². The summed E-state index contributed by atoms with van der Waals surface area (Å²) in [5.41, 5.74) is 1.01. The summed E-state index contributed by atoms with van der Waals surface area (Å²) in [5, 5.41) is 1.82. The van der Waals surface area contributed by atoms with Crippen molar-refractivity contribution in [3.05, 3.63) is 59.1 Å². The van der Waals surface area contributed by atoms with Crippen LogP contribution in [0.15, 0.2) is 53.5 Å². The molecule has 0 aliphatic heterocycles. The molecular weight excluding hydrogens is 264 g/mol. The monoisotopic (exact) mass is 272 g/mol. The predicted molar refractivity (Wildman–Crippen MR) is 78.3 cm³/mol. The second-order valence-electron chi connectivity index (χ2n) is 3.81. The Kier molecular flexibility index (Phi) is 3.09. The van der Waals surface area contributed by atoms with Gasteiger partial charge >= 0.3 is 0 Å². The van der Waals surface area contributed by atoms with Gasteiger partial charge in [0, 0.05) is 16.6 Å². The van der Waals surface area contributed by atoms with Crippen molar-refractivity contribution in [3.8, 4) is 0 Å². The van der Waals surface area contributed by atoms with Gasteiger partial charge in [0.15, 0.2) is 5.82 Å². The summed E-state index contributed by atoms with van der Waals surface area (Å²) >= 11 is 7.30. The van der Waals surface area contributed by atoms with Crippen molar-refractivity contribution in [2.45, 2.75) is 0 Å². The Morgan fingerprint density at radius 3 is 2.67 bits per heavy atom. The molecule has 1 aromatic heterocycles. The van der Waals surface area contributed by atoms with Gasteiger partial charge in [0.25, 0.3) is 0 Å². The highest BCUT2D eigenvalue weighted by Crippen LogP contribution is 2.28. The fourth-order valence-corrected chi connectivity index (χ4v) is 2.50. The van der Waals surface area contributed by atoms with Crippen molar-refractivity contribution in [1.29, 1.82) is 0 Å². The van der Waals surface area contributed by atoms with E-state index in [0.29, 0.717) is 0 Å². The second-order valence-corrected chi connectivity index (χ2v) is 5.05. The van der Waals surface area contributed by atoms with E-state index in [9.17, 15) is 0 Å². The second kappa shape index (κ2) is 4.88. The lowest BCUT2D eigenvalue weighted by Gasteiger charge is -1.93. The molecule has 0 aliphatic rings. The van der Waals surface area contributed by atoms with Gasteiger partial charge in [0.1, 0.15) is 0 Å². The van der Waals surface area contributed by atoms with Gasteiger partial charge in [-0.05, 0) is 41.4 Å². The molecule has 0 N–H and O–H groups in total. The van der Waals surface area contributed by atoms with E-state index < -0.39 is 0 Å². The van der Waals surface area contributed by atoms with E-state index in [-0.39, 0.29) is 0 Å². The molecule has 1 heterocycles. The molecule has 2 aromatic carbocycles. The first-order valence-corrected chi connectivity index (χ1v) is 6.62. The molecular formula is C14H9ClN2S. The lowest BCUT2D eigenvalue weighted by atomic mass is 10.2. The third-order valence-electron chi connectivity index (χ3n) is 2.56. The number of hydrogen-bond donors (Lipinski definition) is 0. The lowest BCUT2D eigenvalue weighted by Crippen LogP contribution is -1.78. The average Bonchev–Trinajstić information content (AvgIpc) is 2.82. The normalized spacial score (nSPS) is 11.4. The molecule has 0 atom stereocenters. The van der Waals surface area contributed by atoms with Gasteiger partial charge in [-0.15, -0.1) is 0 Å². The number of aliphatic imine (C=N–C) groups is 1. The quantitative estimate of drug-likeness (QED) is 0.621. The van der Waals surface area contributed by atoms with E-state index in [4.69, 9.17) is 11.6 Å². The van der Waals surface area contributed by atoms with Crippen LogP contribution in [0.1, 0.15) is 5.56 Å². The van der Waals surface area contributed by atoms with Gasteiger partial charge in [-0.1, -0.05) is 35.9 Å². The van der Waals surface area contributed by atoms with E-state index in [2.05, 4.69) is 9.37 Å². The Hall–Kier alpha value is -1.71. The molecule has 0 unspecified atom stereocenters. The highest BCUT2D eigenvalue weighted by atomic mass is 35.5. The molecule has 88 valence electrons. The first-order valence-electron chi connectivity index (χ1n) is 5.47. The van der Waals surface area contributed by atoms with E-state index in [1.807, 2.05) is 48.5 Å². The highest BCUT2D eigenvalue weighted by Gasteiger charge is 2.02. The molecule has 0 saturated heterocycles. The molecule has 0 amide bonds. The zero-order chi connectivity index (χ0) is 12.4. The first kappa shape index (κ1) is 11.4. The van der Waals surface area contributed by atoms with Crippen molar-refractivity contribution in [1.82, 2.24) is 4.37 Å². The highest BCUT2D eigenvalue weighted by molar-refractivity contribution is 7.13. The molecule has 0 bridgehead atoms. The van der Waals surface area contributed by atoms with E-state index >= 15 is 0 Å². The standard InChI is InChI=1S/C14H9ClN2S/c15-11-7-5-10(6-8-11)9-16-14-12-3-1-2-4-13(12)18-17-14/h1-9H. The van der Waals surface area contributed by atoms with Gasteiger partial charge < -0.3 is 0 Å². The number of hydrogen-bond acceptors (Lipinski definition) is 3. The predicted octanol–water partition coefficient (Wildman–Crippen LogP) is 4.70. The van der Waals surface area contributed by atoms with E-state index in [1.165, 1.54) is 11.5 Å². The van der Waals surface area contributed by atoms with Crippen molar-refractivity contribution >= 4 is 45.3 Å². The van der Waals surface area contributed by atoms with Crippen molar-refractivity contribution < 1.29 is 0 Å². The van der Waals surface area contributed by atoms with Crippen molar-refractivity contribution in [2.24, 2.45) is 4.99 Å². The van der Waals surface area contributed by atoms with Crippen LogP contribution >= 0.6 is 23.1 Å². The largest absolute Gasteiger partial charge is 0.235 e. The van der Waals surface area contributed by atoms with Gasteiger partial charge in [-0.2, -0.15) is 4.37 Å². The number of benzene rings is 2. The summed E-state index contributed by atoms with van der Waals surface area (Å²) < 4.78 is 5.50. The maximum Gasteiger partial charge on any atom is 0.173 e. The van der Waals surface area contributed by atoms with Gasteiger partial charge in [-0.25, -0.2) is 4.99 Å². The fourth-order valence-electron chi connectivity index (χ4n) is 1.65. The molecule has 4 heteroatoms. The minimum absolute atomic E-state index is 0.728.